The fourth-order valence-corrected chi connectivity index (χ4v) is 3.00. The number of aromatic nitrogens is 1. The number of anilines is 1. The van der Waals surface area contributed by atoms with Gasteiger partial charge in [-0.3, -0.25) is 9.59 Å². The van der Waals surface area contributed by atoms with Gasteiger partial charge in [0.05, 0.1) is 7.05 Å². The average Bonchev–Trinajstić information content (AvgIpc) is 3.06. The van der Waals surface area contributed by atoms with Crippen LogP contribution in [0.25, 0.3) is 10.9 Å². The lowest BCUT2D eigenvalue weighted by atomic mass is 10.0. The third-order valence-corrected chi connectivity index (χ3v) is 4.81. The maximum atomic E-state index is 12.9. The van der Waals surface area contributed by atoms with Gasteiger partial charge in [0.2, 0.25) is 5.78 Å². The molecule has 1 amide bonds. The van der Waals surface area contributed by atoms with E-state index in [4.69, 9.17) is 11.6 Å². The molecule has 0 spiro atoms. The quantitative estimate of drug-likeness (QED) is 0.584. The van der Waals surface area contributed by atoms with Gasteiger partial charge in [-0.25, -0.2) is 0 Å². The number of carbonyl (C=O) groups is 2. The van der Waals surface area contributed by atoms with Gasteiger partial charge < -0.3 is 15.2 Å². The van der Waals surface area contributed by atoms with Crippen LogP contribution in [0.5, 0.6) is 0 Å². The Balaban J connectivity index is 1.65. The van der Waals surface area contributed by atoms with Crippen LogP contribution in [0.1, 0.15) is 17.3 Å². The molecule has 3 aromatic rings. The van der Waals surface area contributed by atoms with Gasteiger partial charge in [0.25, 0.3) is 5.91 Å². The highest BCUT2D eigenvalue weighted by Gasteiger charge is 2.26. The van der Waals surface area contributed by atoms with E-state index in [0.29, 0.717) is 16.3 Å². The van der Waals surface area contributed by atoms with Crippen molar-refractivity contribution in [1.29, 1.82) is 0 Å². The fraction of sp³-hybridized carbons (Fsp3) is 0.200. The third kappa shape index (κ3) is 3.95. The molecule has 3 N–H and O–H groups in total. The molecule has 134 valence electrons. The van der Waals surface area contributed by atoms with Crippen LogP contribution in [0.4, 0.5) is 5.69 Å². The van der Waals surface area contributed by atoms with E-state index in [1.54, 1.807) is 30.5 Å². The van der Waals surface area contributed by atoms with E-state index in [0.717, 1.165) is 15.8 Å². The van der Waals surface area contributed by atoms with Crippen LogP contribution in [0.2, 0.25) is 5.02 Å². The number of carbonyl (C=O) groups excluding carboxylic acids is 2. The van der Waals surface area contributed by atoms with Crippen molar-refractivity contribution in [2.75, 3.05) is 18.9 Å². The van der Waals surface area contributed by atoms with Crippen molar-refractivity contribution in [2.24, 2.45) is 0 Å². The van der Waals surface area contributed by atoms with Crippen molar-refractivity contribution in [2.45, 2.75) is 13.0 Å². The molecular formula is C20H21ClN3O2+. The van der Waals surface area contributed by atoms with Crippen LogP contribution in [0.3, 0.4) is 0 Å². The second-order valence-electron chi connectivity index (χ2n) is 6.41. The lowest BCUT2D eigenvalue weighted by Crippen LogP contribution is -3.14. The molecule has 0 aliphatic rings. The minimum absolute atomic E-state index is 0.0132. The number of H-pyrrole nitrogens is 1. The Kier molecular flexibility index (Phi) is 5.40. The summed E-state index contributed by atoms with van der Waals surface area (Å²) in [5.41, 5.74) is 2.27. The minimum Gasteiger partial charge on any atom is -0.360 e. The number of nitrogens with one attached hydrogen (secondary N) is 3. The number of halogens is 1. The standard InChI is InChI=1S/C20H20ClN3O2/c1-13(20(26)17-11-22-18-6-4-3-5-16(17)18)24(2)12-19(25)23-15-9-7-14(21)8-10-15/h3-11,13,22H,12H2,1-2H3,(H,23,25)/p+1/t13-/m0/s1. The van der Waals surface area contributed by atoms with Crippen LogP contribution in [0.15, 0.2) is 54.7 Å². The third-order valence-electron chi connectivity index (χ3n) is 4.55. The summed E-state index contributed by atoms with van der Waals surface area (Å²) in [5.74, 6) is -0.136. The molecule has 2 aromatic carbocycles. The summed E-state index contributed by atoms with van der Waals surface area (Å²) in [7, 11) is 1.85. The molecule has 6 heteroatoms. The zero-order valence-corrected chi connectivity index (χ0v) is 15.4. The van der Waals surface area contributed by atoms with E-state index in [9.17, 15) is 9.59 Å². The number of fused-ring (bicyclic) bond motifs is 1. The largest absolute Gasteiger partial charge is 0.360 e. The van der Waals surface area contributed by atoms with Gasteiger partial charge in [0, 0.05) is 33.4 Å². The van der Waals surface area contributed by atoms with Crippen molar-refractivity contribution >= 4 is 39.9 Å². The minimum atomic E-state index is -0.342. The van der Waals surface area contributed by atoms with E-state index in [1.807, 2.05) is 38.2 Å². The monoisotopic (exact) mass is 370 g/mol. The topological polar surface area (TPSA) is 66.4 Å². The summed E-state index contributed by atoms with van der Waals surface area (Å²) in [5, 5.41) is 4.34. The normalized spacial score (nSPS) is 13.3. The van der Waals surface area contributed by atoms with Crippen LogP contribution >= 0.6 is 11.6 Å². The average molecular weight is 371 g/mol. The van der Waals surface area contributed by atoms with Crippen LogP contribution < -0.4 is 10.2 Å². The maximum absolute atomic E-state index is 12.9. The van der Waals surface area contributed by atoms with E-state index in [2.05, 4.69) is 10.3 Å². The predicted molar refractivity (Wildman–Crippen MR) is 104 cm³/mol. The number of hydrogen-bond acceptors (Lipinski definition) is 2. The molecular weight excluding hydrogens is 350 g/mol. The molecule has 1 unspecified atom stereocenters. The summed E-state index contributed by atoms with van der Waals surface area (Å²) in [6.45, 7) is 2.03. The number of benzene rings is 2. The molecule has 0 aliphatic heterocycles. The van der Waals surface area contributed by atoms with Gasteiger partial charge in [0.1, 0.15) is 6.04 Å². The first-order valence-electron chi connectivity index (χ1n) is 8.44. The maximum Gasteiger partial charge on any atom is 0.279 e. The van der Waals surface area contributed by atoms with E-state index < -0.39 is 0 Å². The first-order chi connectivity index (χ1) is 12.5. The summed E-state index contributed by atoms with van der Waals surface area (Å²) < 4.78 is 0. The Labute approximate surface area is 157 Å². The van der Waals surface area contributed by atoms with Gasteiger partial charge in [-0.15, -0.1) is 0 Å². The van der Waals surface area contributed by atoms with Gasteiger partial charge in [-0.1, -0.05) is 29.8 Å². The van der Waals surface area contributed by atoms with E-state index >= 15 is 0 Å². The molecule has 0 aliphatic carbocycles. The van der Waals surface area contributed by atoms with Crippen molar-refractivity contribution in [3.8, 4) is 0 Å². The van der Waals surface area contributed by atoms with Gasteiger partial charge in [-0.05, 0) is 37.3 Å². The molecule has 0 bridgehead atoms. The summed E-state index contributed by atoms with van der Waals surface area (Å²) in [6, 6.07) is 14.3. The highest BCUT2D eigenvalue weighted by Crippen LogP contribution is 2.18. The molecule has 1 aromatic heterocycles. The number of amides is 1. The number of likely N-dealkylation sites (N-methyl/N-ethyl adjacent to an activating group) is 1. The number of hydrogen-bond donors (Lipinski definition) is 3. The van der Waals surface area contributed by atoms with Gasteiger partial charge >= 0.3 is 0 Å². The van der Waals surface area contributed by atoms with Gasteiger partial charge in [0.15, 0.2) is 6.54 Å². The lowest BCUT2D eigenvalue weighted by molar-refractivity contribution is -0.885. The molecule has 0 saturated carbocycles. The summed E-state index contributed by atoms with van der Waals surface area (Å²) in [4.78, 5) is 29.0. The molecule has 1 heterocycles. The smallest absolute Gasteiger partial charge is 0.279 e. The van der Waals surface area contributed by atoms with Crippen LogP contribution in [-0.4, -0.2) is 36.3 Å². The Morgan fingerprint density at radius 1 is 1.15 bits per heavy atom. The Bertz CT molecular complexity index is 934. The second-order valence-corrected chi connectivity index (χ2v) is 6.85. The number of rotatable bonds is 6. The van der Waals surface area contributed by atoms with Crippen LogP contribution in [-0.2, 0) is 4.79 Å². The van der Waals surface area contributed by atoms with Crippen molar-refractivity contribution in [1.82, 2.24) is 4.98 Å². The molecule has 0 fully saturated rings. The lowest BCUT2D eigenvalue weighted by Gasteiger charge is -2.20. The first kappa shape index (κ1) is 18.2. The number of ketones is 1. The second kappa shape index (κ2) is 7.72. The van der Waals surface area contributed by atoms with E-state index in [1.165, 1.54) is 0 Å². The number of Topliss-reactive ketones (excluding diaryl/α,β-unsaturated/α-hetero) is 1. The van der Waals surface area contributed by atoms with Crippen LogP contribution in [0, 0.1) is 0 Å². The Morgan fingerprint density at radius 3 is 2.58 bits per heavy atom. The molecule has 26 heavy (non-hydrogen) atoms. The van der Waals surface area contributed by atoms with Crippen molar-refractivity contribution in [3.63, 3.8) is 0 Å². The molecule has 0 saturated heterocycles. The summed E-state index contributed by atoms with van der Waals surface area (Å²) >= 11 is 5.84. The SMILES string of the molecule is C[C@@H](C(=O)c1c[nH]c2ccccc12)[NH+](C)CC(=O)Nc1ccc(Cl)cc1. The van der Waals surface area contributed by atoms with E-state index in [-0.39, 0.29) is 24.3 Å². The number of quaternary nitrogens is 1. The Hall–Kier alpha value is -2.63. The summed E-state index contributed by atoms with van der Waals surface area (Å²) in [6.07, 6.45) is 1.74. The predicted octanol–water partition coefficient (Wildman–Crippen LogP) is 2.55. The Morgan fingerprint density at radius 2 is 1.85 bits per heavy atom. The first-order valence-corrected chi connectivity index (χ1v) is 8.81. The molecule has 2 atom stereocenters. The van der Waals surface area contributed by atoms with Gasteiger partial charge in [-0.2, -0.15) is 0 Å². The molecule has 3 rings (SSSR count). The number of aromatic amines is 1. The molecule has 5 nitrogen and oxygen atoms in total. The zero-order valence-electron chi connectivity index (χ0n) is 14.7. The zero-order chi connectivity index (χ0) is 18.7. The fourth-order valence-electron chi connectivity index (χ4n) is 2.88. The van der Waals surface area contributed by atoms with Crippen molar-refractivity contribution < 1.29 is 14.5 Å². The number of para-hydroxylation sites is 1. The highest BCUT2D eigenvalue weighted by molar-refractivity contribution is 6.30. The van der Waals surface area contributed by atoms with Crippen molar-refractivity contribution in [3.05, 3.63) is 65.3 Å². The molecule has 0 radical (unpaired) electrons. The highest BCUT2D eigenvalue weighted by atomic mass is 35.5.